The number of rotatable bonds is 5. The van der Waals surface area contributed by atoms with Gasteiger partial charge >= 0.3 is 0 Å². The topological polar surface area (TPSA) is 95.2 Å². The van der Waals surface area contributed by atoms with Crippen molar-refractivity contribution in [3.8, 4) is 22.8 Å². The molecule has 0 saturated carbocycles. The summed E-state index contributed by atoms with van der Waals surface area (Å²) in [5, 5.41) is 3.30. The molecule has 0 radical (unpaired) electrons. The Morgan fingerprint density at radius 3 is 2.88 bits per heavy atom. The van der Waals surface area contributed by atoms with Gasteiger partial charge in [0.15, 0.2) is 17.3 Å². The lowest BCUT2D eigenvalue weighted by molar-refractivity contribution is 0.174. The van der Waals surface area contributed by atoms with E-state index in [1.807, 2.05) is 24.3 Å². The highest BCUT2D eigenvalue weighted by Gasteiger charge is 2.16. The summed E-state index contributed by atoms with van der Waals surface area (Å²) in [6.07, 6.45) is 4.20. The van der Waals surface area contributed by atoms with Gasteiger partial charge in [0.1, 0.15) is 5.52 Å². The van der Waals surface area contributed by atoms with Crippen molar-refractivity contribution in [1.29, 1.82) is 0 Å². The molecule has 0 spiro atoms. The summed E-state index contributed by atoms with van der Waals surface area (Å²) in [4.78, 5) is 13.5. The minimum atomic E-state index is 0.251. The molecule has 4 rings (SSSR count). The van der Waals surface area contributed by atoms with Crippen LogP contribution in [-0.4, -0.2) is 34.8 Å². The lowest BCUT2D eigenvalue weighted by atomic mass is 10.1. The van der Waals surface area contributed by atoms with E-state index < -0.39 is 0 Å². The predicted octanol–water partition coefficient (Wildman–Crippen LogP) is 2.18. The molecule has 0 bridgehead atoms. The molecule has 3 aromatic rings. The molecule has 2 aromatic heterocycles. The van der Waals surface area contributed by atoms with Gasteiger partial charge in [0.25, 0.3) is 0 Å². The van der Waals surface area contributed by atoms with Gasteiger partial charge in [0.2, 0.25) is 6.79 Å². The summed E-state index contributed by atoms with van der Waals surface area (Å²) in [7, 11) is 0. The van der Waals surface area contributed by atoms with Crippen LogP contribution in [0.2, 0.25) is 0 Å². The van der Waals surface area contributed by atoms with Crippen LogP contribution < -0.4 is 20.5 Å². The zero-order valence-electron chi connectivity index (χ0n) is 13.0. The monoisotopic (exact) mass is 323 g/mol. The van der Waals surface area contributed by atoms with Gasteiger partial charge in [-0.15, -0.1) is 0 Å². The molecule has 3 N–H and O–H groups in total. The first-order valence-corrected chi connectivity index (χ1v) is 7.81. The first-order valence-electron chi connectivity index (χ1n) is 7.81. The molecular formula is C17H17N5O2. The van der Waals surface area contributed by atoms with E-state index in [9.17, 15) is 0 Å². The summed E-state index contributed by atoms with van der Waals surface area (Å²) < 4.78 is 10.8. The van der Waals surface area contributed by atoms with E-state index in [0.717, 1.165) is 46.8 Å². The second-order valence-electron chi connectivity index (χ2n) is 5.42. The van der Waals surface area contributed by atoms with Crippen LogP contribution in [0.4, 0.5) is 5.82 Å². The lowest BCUT2D eigenvalue weighted by Crippen LogP contribution is -2.10. The maximum absolute atomic E-state index is 5.56. The van der Waals surface area contributed by atoms with Gasteiger partial charge in [-0.3, -0.25) is 4.98 Å². The Morgan fingerprint density at radius 1 is 1.08 bits per heavy atom. The highest BCUT2D eigenvalue weighted by Crippen LogP contribution is 2.36. The predicted molar refractivity (Wildman–Crippen MR) is 91.1 cm³/mol. The van der Waals surface area contributed by atoms with Crippen molar-refractivity contribution in [3.63, 3.8) is 0 Å². The third kappa shape index (κ3) is 2.69. The number of nitrogens with one attached hydrogen (secondary N) is 1. The number of hydrogen-bond acceptors (Lipinski definition) is 7. The van der Waals surface area contributed by atoms with Gasteiger partial charge in [-0.05, 0) is 37.2 Å². The van der Waals surface area contributed by atoms with Crippen LogP contribution in [0, 0.1) is 0 Å². The van der Waals surface area contributed by atoms with Crippen molar-refractivity contribution >= 4 is 16.9 Å². The summed E-state index contributed by atoms with van der Waals surface area (Å²) in [6, 6.07) is 7.70. The standard InChI is InChI=1S/C17H17N5O2/c18-4-1-5-21-17-16-13(19-6-7-20-16)9-12(22-17)11-2-3-14-15(8-11)24-10-23-14/h2-3,6-9H,1,4-5,10,18H2,(H,21,22). The molecule has 0 saturated heterocycles. The second kappa shape index (κ2) is 6.29. The highest BCUT2D eigenvalue weighted by atomic mass is 16.7. The van der Waals surface area contributed by atoms with Gasteiger partial charge in [-0.2, -0.15) is 0 Å². The summed E-state index contributed by atoms with van der Waals surface area (Å²) in [6.45, 7) is 1.61. The zero-order valence-corrected chi connectivity index (χ0v) is 13.0. The third-order valence-corrected chi connectivity index (χ3v) is 3.80. The fraction of sp³-hybridized carbons (Fsp3) is 0.235. The highest BCUT2D eigenvalue weighted by molar-refractivity contribution is 5.88. The van der Waals surface area contributed by atoms with E-state index in [1.54, 1.807) is 12.4 Å². The Kier molecular flexibility index (Phi) is 3.84. The Labute approximate surface area is 138 Å². The van der Waals surface area contributed by atoms with Crippen LogP contribution in [0.1, 0.15) is 6.42 Å². The maximum atomic E-state index is 5.56. The largest absolute Gasteiger partial charge is 0.454 e. The minimum absolute atomic E-state index is 0.251. The maximum Gasteiger partial charge on any atom is 0.231 e. The fourth-order valence-corrected chi connectivity index (χ4v) is 2.61. The Bertz CT molecular complexity index is 884. The number of fused-ring (bicyclic) bond motifs is 2. The van der Waals surface area contributed by atoms with E-state index in [2.05, 4.69) is 15.3 Å². The van der Waals surface area contributed by atoms with E-state index in [0.29, 0.717) is 12.4 Å². The lowest BCUT2D eigenvalue weighted by Gasteiger charge is -2.10. The minimum Gasteiger partial charge on any atom is -0.454 e. The molecule has 0 atom stereocenters. The van der Waals surface area contributed by atoms with Crippen molar-refractivity contribution < 1.29 is 9.47 Å². The molecule has 1 aliphatic heterocycles. The Balaban J connectivity index is 1.77. The van der Waals surface area contributed by atoms with Crippen molar-refractivity contribution in [1.82, 2.24) is 15.0 Å². The third-order valence-electron chi connectivity index (χ3n) is 3.80. The first-order chi connectivity index (χ1) is 11.8. The Hall–Kier alpha value is -2.93. The van der Waals surface area contributed by atoms with Crippen LogP contribution in [0.15, 0.2) is 36.7 Å². The number of pyridine rings is 1. The van der Waals surface area contributed by atoms with Crippen molar-refractivity contribution in [2.24, 2.45) is 5.73 Å². The number of ether oxygens (including phenoxy) is 2. The van der Waals surface area contributed by atoms with Gasteiger partial charge in [-0.1, -0.05) is 0 Å². The van der Waals surface area contributed by atoms with Gasteiger partial charge in [0, 0.05) is 24.5 Å². The molecule has 7 nitrogen and oxygen atoms in total. The smallest absolute Gasteiger partial charge is 0.231 e. The van der Waals surface area contributed by atoms with Gasteiger partial charge < -0.3 is 20.5 Å². The van der Waals surface area contributed by atoms with Gasteiger partial charge in [0.05, 0.1) is 11.2 Å². The number of anilines is 1. The van der Waals surface area contributed by atoms with Crippen LogP contribution in [-0.2, 0) is 0 Å². The van der Waals surface area contributed by atoms with Crippen molar-refractivity contribution in [2.75, 3.05) is 25.2 Å². The number of nitrogens with zero attached hydrogens (tertiary/aromatic N) is 3. The summed E-state index contributed by atoms with van der Waals surface area (Å²) in [5.74, 6) is 2.19. The molecule has 0 fully saturated rings. The molecule has 1 aliphatic rings. The number of aromatic nitrogens is 3. The normalized spacial score (nSPS) is 12.5. The summed E-state index contributed by atoms with van der Waals surface area (Å²) >= 11 is 0. The molecular weight excluding hydrogens is 306 g/mol. The molecule has 3 heterocycles. The SMILES string of the molecule is NCCCNc1nc(-c2ccc3c(c2)OCO3)cc2nccnc12. The van der Waals surface area contributed by atoms with Crippen molar-refractivity contribution in [3.05, 3.63) is 36.7 Å². The average molecular weight is 323 g/mol. The number of benzene rings is 1. The average Bonchev–Trinajstić information content (AvgIpc) is 3.09. The van der Waals surface area contributed by atoms with Crippen molar-refractivity contribution in [2.45, 2.75) is 6.42 Å². The van der Waals surface area contributed by atoms with Gasteiger partial charge in [-0.25, -0.2) is 9.97 Å². The Morgan fingerprint density at radius 2 is 1.96 bits per heavy atom. The first kappa shape index (κ1) is 14.6. The number of nitrogens with two attached hydrogens (primary N) is 1. The molecule has 0 unspecified atom stereocenters. The van der Waals surface area contributed by atoms with Crippen LogP contribution in [0.5, 0.6) is 11.5 Å². The van der Waals surface area contributed by atoms with Crippen LogP contribution in [0.25, 0.3) is 22.3 Å². The second-order valence-corrected chi connectivity index (χ2v) is 5.42. The molecule has 1 aromatic carbocycles. The molecule has 0 aliphatic carbocycles. The van der Waals surface area contributed by atoms with E-state index in [-0.39, 0.29) is 6.79 Å². The quantitative estimate of drug-likeness (QED) is 0.695. The zero-order chi connectivity index (χ0) is 16.4. The van der Waals surface area contributed by atoms with E-state index >= 15 is 0 Å². The number of hydrogen-bond donors (Lipinski definition) is 2. The molecule has 7 heteroatoms. The molecule has 122 valence electrons. The molecule has 0 amide bonds. The van der Waals surface area contributed by atoms with Crippen LogP contribution in [0.3, 0.4) is 0 Å². The van der Waals surface area contributed by atoms with Crippen LogP contribution >= 0.6 is 0 Å². The van der Waals surface area contributed by atoms with E-state index in [1.165, 1.54) is 0 Å². The van der Waals surface area contributed by atoms with E-state index in [4.69, 9.17) is 20.2 Å². The summed E-state index contributed by atoms with van der Waals surface area (Å²) in [5.41, 5.74) is 8.84. The fourth-order valence-electron chi connectivity index (χ4n) is 2.61. The molecule has 24 heavy (non-hydrogen) atoms.